The van der Waals surface area contributed by atoms with Crippen LogP contribution in [0.2, 0.25) is 0 Å². The molecule has 0 aliphatic carbocycles. The van der Waals surface area contributed by atoms with Gasteiger partial charge < -0.3 is 39.4 Å². The van der Waals surface area contributed by atoms with Crippen molar-refractivity contribution >= 4 is 16.8 Å². The van der Waals surface area contributed by atoms with Crippen molar-refractivity contribution in [3.05, 3.63) is 46.1 Å². The highest BCUT2D eigenvalue weighted by Crippen LogP contribution is 2.43. The number of hydrogen-bond donors (Lipinski definition) is 5. The van der Waals surface area contributed by atoms with Crippen molar-refractivity contribution in [3.63, 3.8) is 0 Å². The first-order valence-electron chi connectivity index (χ1n) is 9.59. The maximum absolute atomic E-state index is 12.9. The number of Topliss-reactive ketones (excluding diaryl/α,β-unsaturated/α-hetero) is 1. The molecule has 0 saturated carbocycles. The third-order valence-electron chi connectivity index (χ3n) is 5.42. The summed E-state index contributed by atoms with van der Waals surface area (Å²) in [5, 5.41) is 50.0. The molecule has 1 saturated heterocycles. The molecule has 10 nitrogen and oxygen atoms in total. The summed E-state index contributed by atoms with van der Waals surface area (Å²) in [6.07, 6.45) is -5.69. The molecule has 0 unspecified atom stereocenters. The number of rotatable bonds is 3. The van der Waals surface area contributed by atoms with Crippen LogP contribution in [0.5, 0.6) is 23.0 Å². The van der Waals surface area contributed by atoms with Gasteiger partial charge in [-0.25, -0.2) is 0 Å². The second-order valence-corrected chi connectivity index (χ2v) is 7.45. The van der Waals surface area contributed by atoms with E-state index in [1.807, 2.05) is 0 Å². The number of methoxy groups -OCH3 is 1. The predicted molar refractivity (Wildman–Crippen MR) is 110 cm³/mol. The molecule has 1 aromatic heterocycles. The van der Waals surface area contributed by atoms with Crippen LogP contribution in [-0.4, -0.2) is 56.7 Å². The summed E-state index contributed by atoms with van der Waals surface area (Å²) in [7, 11) is 1.28. The molecule has 4 atom stereocenters. The van der Waals surface area contributed by atoms with Crippen LogP contribution in [0, 0.1) is 0 Å². The van der Waals surface area contributed by atoms with Crippen molar-refractivity contribution < 1.29 is 44.2 Å². The first-order chi connectivity index (χ1) is 15.1. The molecule has 5 N–H and O–H groups in total. The summed E-state index contributed by atoms with van der Waals surface area (Å²) in [6, 6.07) is 5.99. The standard InChI is InChI=1S/C22H20O10/c1-8-18(27)19(28)20(29)22(31-8)17-15(30-2)7-13(26)16-12(25)6-14(32-21(16)17)9-3-4-10(23)11(24)5-9/h3-8,18,20,22-24,26-27,29H,1-2H3/t8-,18-,20+,22-/m1/s1. The third-order valence-corrected chi connectivity index (χ3v) is 5.42. The summed E-state index contributed by atoms with van der Waals surface area (Å²) >= 11 is 0. The molecule has 168 valence electrons. The Labute approximate surface area is 180 Å². The van der Waals surface area contributed by atoms with Crippen LogP contribution in [0.4, 0.5) is 0 Å². The molecule has 2 aromatic carbocycles. The van der Waals surface area contributed by atoms with Crippen molar-refractivity contribution in [3.8, 4) is 34.3 Å². The Morgan fingerprint density at radius 3 is 2.31 bits per heavy atom. The Morgan fingerprint density at radius 1 is 0.938 bits per heavy atom. The van der Waals surface area contributed by atoms with E-state index < -0.39 is 47.1 Å². The van der Waals surface area contributed by atoms with Crippen molar-refractivity contribution in [2.24, 2.45) is 0 Å². The van der Waals surface area contributed by atoms with Gasteiger partial charge in [0.25, 0.3) is 0 Å². The molecule has 1 fully saturated rings. The fraction of sp³-hybridized carbons (Fsp3) is 0.273. The van der Waals surface area contributed by atoms with Crippen LogP contribution in [0.3, 0.4) is 0 Å². The largest absolute Gasteiger partial charge is 0.507 e. The number of hydrogen-bond acceptors (Lipinski definition) is 10. The lowest BCUT2D eigenvalue weighted by atomic mass is 9.91. The molecule has 0 spiro atoms. The number of aromatic hydroxyl groups is 3. The average molecular weight is 444 g/mol. The number of fused-ring (bicyclic) bond motifs is 1. The summed E-state index contributed by atoms with van der Waals surface area (Å²) in [5.74, 6) is -2.21. The lowest BCUT2D eigenvalue weighted by molar-refractivity contribution is -0.180. The maximum Gasteiger partial charge on any atom is 0.197 e. The van der Waals surface area contributed by atoms with Gasteiger partial charge in [-0.3, -0.25) is 9.59 Å². The van der Waals surface area contributed by atoms with E-state index >= 15 is 0 Å². The lowest BCUT2D eigenvalue weighted by Crippen LogP contribution is -2.50. The summed E-state index contributed by atoms with van der Waals surface area (Å²) < 4.78 is 16.8. The van der Waals surface area contributed by atoms with Crippen LogP contribution in [0.1, 0.15) is 18.6 Å². The molecule has 32 heavy (non-hydrogen) atoms. The molecule has 1 aliphatic rings. The molecule has 3 aromatic rings. The first kappa shape index (κ1) is 21.6. The number of phenolic OH excluding ortho intramolecular Hbond substituents is 3. The van der Waals surface area contributed by atoms with Gasteiger partial charge in [-0.05, 0) is 25.1 Å². The number of aliphatic hydroxyl groups excluding tert-OH is 2. The van der Waals surface area contributed by atoms with Crippen molar-refractivity contribution in [1.29, 1.82) is 0 Å². The molecule has 10 heteroatoms. The molecular weight excluding hydrogens is 424 g/mol. The Morgan fingerprint density at radius 2 is 1.66 bits per heavy atom. The van der Waals surface area contributed by atoms with Crippen LogP contribution in [-0.2, 0) is 9.53 Å². The zero-order valence-corrected chi connectivity index (χ0v) is 17.0. The molecular formula is C22H20O10. The van der Waals surface area contributed by atoms with E-state index in [0.717, 1.165) is 12.1 Å². The Balaban J connectivity index is 2.02. The Kier molecular flexibility index (Phi) is 5.29. The highest BCUT2D eigenvalue weighted by atomic mass is 16.5. The Bertz CT molecular complexity index is 1280. The zero-order valence-electron chi connectivity index (χ0n) is 17.0. The van der Waals surface area contributed by atoms with Crippen molar-refractivity contribution in [1.82, 2.24) is 0 Å². The monoisotopic (exact) mass is 444 g/mol. The summed E-state index contributed by atoms with van der Waals surface area (Å²) in [6.45, 7) is 1.44. The minimum absolute atomic E-state index is 0.0122. The normalized spacial score (nSPS) is 23.4. The number of carbonyl (C=O) groups is 1. The molecule has 2 heterocycles. The summed E-state index contributed by atoms with van der Waals surface area (Å²) in [4.78, 5) is 25.2. The maximum atomic E-state index is 12.9. The van der Waals surface area contributed by atoms with Crippen molar-refractivity contribution in [2.45, 2.75) is 31.3 Å². The number of ether oxygens (including phenoxy) is 2. The minimum atomic E-state index is -1.80. The smallest absolute Gasteiger partial charge is 0.197 e. The van der Waals surface area contributed by atoms with E-state index in [4.69, 9.17) is 13.9 Å². The number of ketones is 1. The zero-order chi connectivity index (χ0) is 23.3. The second-order valence-electron chi connectivity index (χ2n) is 7.45. The van der Waals surface area contributed by atoms with Gasteiger partial charge >= 0.3 is 0 Å². The van der Waals surface area contributed by atoms with Crippen LogP contribution in [0.25, 0.3) is 22.3 Å². The van der Waals surface area contributed by atoms with E-state index in [1.165, 1.54) is 32.2 Å². The fourth-order valence-electron chi connectivity index (χ4n) is 3.73. The van der Waals surface area contributed by atoms with Crippen LogP contribution in [0.15, 0.2) is 39.5 Å². The average Bonchev–Trinajstić information content (AvgIpc) is 2.76. The minimum Gasteiger partial charge on any atom is -0.507 e. The molecule has 0 bridgehead atoms. The lowest BCUT2D eigenvalue weighted by Gasteiger charge is -2.35. The van der Waals surface area contributed by atoms with Gasteiger partial charge in [-0.2, -0.15) is 0 Å². The molecule has 1 aliphatic heterocycles. The summed E-state index contributed by atoms with van der Waals surface area (Å²) in [5.41, 5.74) is -0.642. The van der Waals surface area contributed by atoms with Crippen LogP contribution >= 0.6 is 0 Å². The van der Waals surface area contributed by atoms with E-state index in [2.05, 4.69) is 0 Å². The quantitative estimate of drug-likeness (QED) is 0.372. The van der Waals surface area contributed by atoms with E-state index in [-0.39, 0.29) is 39.4 Å². The fourth-order valence-corrected chi connectivity index (χ4v) is 3.73. The SMILES string of the molecule is COc1cc(O)c2c(=O)cc(-c3ccc(O)c(O)c3)oc2c1[C@H]1O[C@H](C)[C@@H](O)C(=O)[C@@H]1O. The molecule has 0 radical (unpaired) electrons. The molecule has 0 amide bonds. The van der Waals surface area contributed by atoms with Gasteiger partial charge in [-0.15, -0.1) is 0 Å². The van der Waals surface area contributed by atoms with E-state index in [1.54, 1.807) is 0 Å². The van der Waals surface area contributed by atoms with Crippen molar-refractivity contribution in [2.75, 3.05) is 7.11 Å². The number of benzene rings is 2. The van der Waals surface area contributed by atoms with Gasteiger partial charge in [0.15, 0.2) is 28.3 Å². The van der Waals surface area contributed by atoms with Gasteiger partial charge in [-0.1, -0.05) is 0 Å². The predicted octanol–water partition coefficient (Wildman–Crippen LogP) is 1.34. The highest BCUT2D eigenvalue weighted by Gasteiger charge is 2.44. The highest BCUT2D eigenvalue weighted by molar-refractivity contribution is 5.93. The van der Waals surface area contributed by atoms with E-state index in [9.17, 15) is 35.1 Å². The number of phenols is 3. The Hall–Kier alpha value is -3.60. The van der Waals surface area contributed by atoms with Gasteiger partial charge in [0.1, 0.15) is 41.0 Å². The van der Waals surface area contributed by atoms with E-state index in [0.29, 0.717) is 0 Å². The van der Waals surface area contributed by atoms with Gasteiger partial charge in [0, 0.05) is 17.7 Å². The van der Waals surface area contributed by atoms with Gasteiger partial charge in [0.05, 0.1) is 18.8 Å². The second kappa shape index (κ2) is 7.83. The molecule has 4 rings (SSSR count). The number of carbonyl (C=O) groups excluding carboxylic acids is 1. The topological polar surface area (TPSA) is 167 Å². The number of aliphatic hydroxyl groups is 2. The first-order valence-corrected chi connectivity index (χ1v) is 9.59. The third kappa shape index (κ3) is 3.34. The van der Waals surface area contributed by atoms with Gasteiger partial charge in [0.2, 0.25) is 0 Å². The van der Waals surface area contributed by atoms with Crippen LogP contribution < -0.4 is 10.2 Å².